The molecule has 2 N–H and O–H groups in total. The molecule has 66 valence electrons. The van der Waals surface area contributed by atoms with Crippen LogP contribution < -0.4 is 5.73 Å². The third-order valence-corrected chi connectivity index (χ3v) is 2.32. The molecule has 1 fully saturated rings. The van der Waals surface area contributed by atoms with Gasteiger partial charge >= 0.3 is 0 Å². The molecule has 0 bridgehead atoms. The van der Waals surface area contributed by atoms with Crippen LogP contribution in [-0.4, -0.2) is 19.8 Å². The lowest BCUT2D eigenvalue weighted by Crippen LogP contribution is -2.17. The number of nitrogens with two attached hydrogens (primary N) is 1. The van der Waals surface area contributed by atoms with E-state index in [2.05, 4.69) is 0 Å². The number of ether oxygens (including phenoxy) is 1. The molecule has 1 aliphatic heterocycles. The maximum atomic E-state index is 5.41. The van der Waals surface area contributed by atoms with Gasteiger partial charge in [0.2, 0.25) is 0 Å². The normalized spacial score (nSPS) is 25.4. The Bertz CT molecular complexity index is 89.6. The van der Waals surface area contributed by atoms with E-state index in [-0.39, 0.29) is 0 Å². The van der Waals surface area contributed by atoms with Gasteiger partial charge in [-0.1, -0.05) is 6.42 Å². The van der Waals surface area contributed by atoms with Gasteiger partial charge in [0.15, 0.2) is 0 Å². The molecule has 0 radical (unpaired) electrons. The van der Waals surface area contributed by atoms with Crippen molar-refractivity contribution in [2.24, 2.45) is 11.7 Å². The lowest BCUT2D eigenvalue weighted by Gasteiger charge is -2.21. The summed E-state index contributed by atoms with van der Waals surface area (Å²) in [5.41, 5.74) is 5.41. The van der Waals surface area contributed by atoms with Crippen molar-refractivity contribution in [3.05, 3.63) is 0 Å². The highest BCUT2D eigenvalue weighted by Crippen LogP contribution is 2.18. The van der Waals surface area contributed by atoms with E-state index in [0.29, 0.717) is 0 Å². The third kappa shape index (κ3) is 3.73. The van der Waals surface area contributed by atoms with Crippen molar-refractivity contribution in [3.63, 3.8) is 0 Å². The van der Waals surface area contributed by atoms with E-state index in [4.69, 9.17) is 10.5 Å². The Labute approximate surface area is 69.1 Å². The molecule has 1 unspecified atom stereocenters. The molecule has 11 heavy (non-hydrogen) atoms. The highest BCUT2D eigenvalue weighted by atomic mass is 16.5. The average molecular weight is 157 g/mol. The van der Waals surface area contributed by atoms with Crippen molar-refractivity contribution < 1.29 is 4.74 Å². The number of hydrogen-bond donors (Lipinski definition) is 1. The Morgan fingerprint density at radius 3 is 2.91 bits per heavy atom. The first-order chi connectivity index (χ1) is 5.43. The van der Waals surface area contributed by atoms with Gasteiger partial charge in [-0.05, 0) is 38.1 Å². The van der Waals surface area contributed by atoms with Crippen LogP contribution >= 0.6 is 0 Å². The molecule has 2 heteroatoms. The Hall–Kier alpha value is -0.0800. The van der Waals surface area contributed by atoms with Crippen LogP contribution in [0.1, 0.15) is 32.1 Å². The zero-order chi connectivity index (χ0) is 7.94. The van der Waals surface area contributed by atoms with Crippen LogP contribution in [0.2, 0.25) is 0 Å². The van der Waals surface area contributed by atoms with Crippen LogP contribution in [0, 0.1) is 5.92 Å². The van der Waals surface area contributed by atoms with Crippen LogP contribution in [0.25, 0.3) is 0 Å². The van der Waals surface area contributed by atoms with E-state index in [1.807, 2.05) is 0 Å². The minimum atomic E-state index is 0.829. The standard InChI is InChI=1S/C9H19NO/c10-6-2-1-4-9-5-3-7-11-8-9/h9H,1-8,10H2. The first-order valence-corrected chi connectivity index (χ1v) is 4.71. The maximum absolute atomic E-state index is 5.41. The van der Waals surface area contributed by atoms with Gasteiger partial charge in [-0.15, -0.1) is 0 Å². The first-order valence-electron chi connectivity index (χ1n) is 4.71. The highest BCUT2D eigenvalue weighted by molar-refractivity contribution is 4.62. The zero-order valence-corrected chi connectivity index (χ0v) is 7.22. The molecule has 1 rings (SSSR count). The fourth-order valence-corrected chi connectivity index (χ4v) is 1.61. The molecule has 0 amide bonds. The van der Waals surface area contributed by atoms with Crippen LogP contribution in [-0.2, 0) is 4.74 Å². The highest BCUT2D eigenvalue weighted by Gasteiger charge is 2.12. The van der Waals surface area contributed by atoms with Gasteiger partial charge in [-0.3, -0.25) is 0 Å². The van der Waals surface area contributed by atoms with Gasteiger partial charge in [-0.25, -0.2) is 0 Å². The molecule has 0 aromatic heterocycles. The van der Waals surface area contributed by atoms with E-state index in [1.54, 1.807) is 0 Å². The molecule has 0 aliphatic carbocycles. The van der Waals surface area contributed by atoms with Crippen molar-refractivity contribution in [2.75, 3.05) is 19.8 Å². The summed E-state index contributed by atoms with van der Waals surface area (Å²) in [6, 6.07) is 0. The number of rotatable bonds is 4. The van der Waals surface area contributed by atoms with E-state index in [1.165, 1.54) is 32.1 Å². The van der Waals surface area contributed by atoms with Crippen molar-refractivity contribution in [3.8, 4) is 0 Å². The Morgan fingerprint density at radius 2 is 2.27 bits per heavy atom. The van der Waals surface area contributed by atoms with Gasteiger partial charge in [0.25, 0.3) is 0 Å². The second-order valence-corrected chi connectivity index (χ2v) is 3.37. The molecule has 0 aromatic carbocycles. The topological polar surface area (TPSA) is 35.2 Å². The monoisotopic (exact) mass is 157 g/mol. The Morgan fingerprint density at radius 1 is 1.36 bits per heavy atom. The van der Waals surface area contributed by atoms with Crippen LogP contribution in [0.3, 0.4) is 0 Å². The lowest BCUT2D eigenvalue weighted by molar-refractivity contribution is 0.0508. The third-order valence-electron chi connectivity index (χ3n) is 2.32. The second kappa shape index (κ2) is 5.56. The van der Waals surface area contributed by atoms with Gasteiger partial charge in [0, 0.05) is 13.2 Å². The molecule has 1 saturated heterocycles. The maximum Gasteiger partial charge on any atom is 0.0494 e. The summed E-state index contributed by atoms with van der Waals surface area (Å²) in [5, 5.41) is 0. The smallest absolute Gasteiger partial charge is 0.0494 e. The zero-order valence-electron chi connectivity index (χ0n) is 7.22. The van der Waals surface area contributed by atoms with Crippen LogP contribution in [0.15, 0.2) is 0 Å². The van der Waals surface area contributed by atoms with Gasteiger partial charge in [0.05, 0.1) is 0 Å². The Kier molecular flexibility index (Phi) is 4.55. The molecule has 0 saturated carbocycles. The Balaban J connectivity index is 1.96. The summed E-state index contributed by atoms with van der Waals surface area (Å²) in [6.45, 7) is 2.81. The number of unbranched alkanes of at least 4 members (excludes halogenated alkanes) is 1. The van der Waals surface area contributed by atoms with E-state index in [0.717, 1.165) is 25.7 Å². The molecule has 0 spiro atoms. The second-order valence-electron chi connectivity index (χ2n) is 3.37. The van der Waals surface area contributed by atoms with Gasteiger partial charge in [-0.2, -0.15) is 0 Å². The van der Waals surface area contributed by atoms with Crippen molar-refractivity contribution in [1.82, 2.24) is 0 Å². The molecule has 1 aliphatic rings. The predicted octanol–water partition coefficient (Wildman–Crippen LogP) is 1.54. The van der Waals surface area contributed by atoms with Crippen molar-refractivity contribution in [1.29, 1.82) is 0 Å². The molecular formula is C9H19NO. The average Bonchev–Trinajstić information content (AvgIpc) is 2.07. The SMILES string of the molecule is NCCCCC1CCCOC1. The van der Waals surface area contributed by atoms with Gasteiger partial charge in [0.1, 0.15) is 0 Å². The van der Waals surface area contributed by atoms with Gasteiger partial charge < -0.3 is 10.5 Å². The largest absolute Gasteiger partial charge is 0.381 e. The van der Waals surface area contributed by atoms with Crippen LogP contribution in [0.4, 0.5) is 0 Å². The molecule has 1 atom stereocenters. The van der Waals surface area contributed by atoms with Crippen LogP contribution in [0.5, 0.6) is 0 Å². The van der Waals surface area contributed by atoms with E-state index < -0.39 is 0 Å². The predicted molar refractivity (Wildman–Crippen MR) is 46.4 cm³/mol. The molecular weight excluding hydrogens is 138 g/mol. The van der Waals surface area contributed by atoms with Crippen molar-refractivity contribution >= 4 is 0 Å². The number of hydrogen-bond acceptors (Lipinski definition) is 2. The molecule has 1 heterocycles. The minimum Gasteiger partial charge on any atom is -0.381 e. The first kappa shape index (κ1) is 9.01. The fraction of sp³-hybridized carbons (Fsp3) is 1.00. The summed E-state index contributed by atoms with van der Waals surface area (Å²) in [6.07, 6.45) is 6.40. The minimum absolute atomic E-state index is 0.829. The summed E-state index contributed by atoms with van der Waals surface area (Å²) >= 11 is 0. The summed E-state index contributed by atoms with van der Waals surface area (Å²) < 4.78 is 5.38. The summed E-state index contributed by atoms with van der Waals surface area (Å²) in [7, 11) is 0. The summed E-state index contributed by atoms with van der Waals surface area (Å²) in [5.74, 6) is 0.829. The summed E-state index contributed by atoms with van der Waals surface area (Å²) in [4.78, 5) is 0. The van der Waals surface area contributed by atoms with Crippen molar-refractivity contribution in [2.45, 2.75) is 32.1 Å². The van der Waals surface area contributed by atoms with E-state index >= 15 is 0 Å². The fourth-order valence-electron chi connectivity index (χ4n) is 1.61. The lowest BCUT2D eigenvalue weighted by atomic mass is 9.96. The molecule has 0 aromatic rings. The van der Waals surface area contributed by atoms with E-state index in [9.17, 15) is 0 Å². The molecule has 2 nitrogen and oxygen atoms in total. The quantitative estimate of drug-likeness (QED) is 0.628.